The van der Waals surface area contributed by atoms with E-state index in [0.717, 1.165) is 39.5 Å². The van der Waals surface area contributed by atoms with Crippen LogP contribution in [0.2, 0.25) is 0 Å². The fourth-order valence-corrected chi connectivity index (χ4v) is 2.77. The summed E-state index contributed by atoms with van der Waals surface area (Å²) in [5, 5.41) is 9.17. The number of aliphatic hydroxyl groups excluding tert-OH is 1. The van der Waals surface area contributed by atoms with Crippen LogP contribution in [0.1, 0.15) is 12.2 Å². The van der Waals surface area contributed by atoms with Gasteiger partial charge in [-0.05, 0) is 13.3 Å². The van der Waals surface area contributed by atoms with Crippen LogP contribution in [0.25, 0.3) is 0 Å². The highest BCUT2D eigenvalue weighted by Gasteiger charge is 2.33. The summed E-state index contributed by atoms with van der Waals surface area (Å²) < 4.78 is 16.1. The van der Waals surface area contributed by atoms with Crippen LogP contribution in [0.15, 0.2) is 0 Å². The van der Waals surface area contributed by atoms with E-state index >= 15 is 0 Å². The first-order chi connectivity index (χ1) is 12.2. The van der Waals surface area contributed by atoms with E-state index in [1.54, 1.807) is 0 Å². The zero-order valence-electron chi connectivity index (χ0n) is 14.5. The molecule has 3 fully saturated rings. The number of hydrogen-bond acceptors (Lipinski definition) is 9. The Morgan fingerprint density at radius 2 is 1.36 bits per heavy atom. The number of aromatic nitrogens is 3. The summed E-state index contributed by atoms with van der Waals surface area (Å²) in [6, 6.07) is 0. The summed E-state index contributed by atoms with van der Waals surface area (Å²) in [4.78, 5) is 18.0. The maximum Gasteiger partial charge on any atom is 0.230 e. The predicted octanol–water partition coefficient (Wildman–Crippen LogP) is -0.628. The minimum Gasteiger partial charge on any atom is -0.396 e. The zero-order valence-corrected chi connectivity index (χ0v) is 14.5. The fourth-order valence-electron chi connectivity index (χ4n) is 2.77. The van der Waals surface area contributed by atoms with Gasteiger partial charge in [-0.2, -0.15) is 15.0 Å². The lowest BCUT2D eigenvalue weighted by molar-refractivity contribution is 0.288. The molecule has 4 heterocycles. The molecule has 0 amide bonds. The summed E-state index contributed by atoms with van der Waals surface area (Å²) in [6.45, 7) is 7.35. The molecule has 4 rings (SSSR count). The summed E-state index contributed by atoms with van der Waals surface area (Å²) >= 11 is 0. The van der Waals surface area contributed by atoms with Crippen molar-refractivity contribution in [2.45, 2.75) is 31.7 Å². The average molecular weight is 351 g/mol. The third kappa shape index (κ3) is 4.97. The molecule has 9 nitrogen and oxygen atoms in total. The molecule has 1 N–H and O–H groups in total. The first-order valence-corrected chi connectivity index (χ1v) is 8.89. The van der Waals surface area contributed by atoms with Gasteiger partial charge in [-0.3, -0.25) is 0 Å². The highest BCUT2D eigenvalue weighted by molar-refractivity contribution is 5.40. The number of nitrogens with zero attached hydrogens (tertiary/aromatic N) is 5. The first kappa shape index (κ1) is 16.9. The molecular formula is C16H25N5O4. The average Bonchev–Trinajstić information content (AvgIpc) is 3.44. The molecule has 3 saturated heterocycles. The predicted molar refractivity (Wildman–Crippen MR) is 89.9 cm³/mol. The van der Waals surface area contributed by atoms with Crippen LogP contribution >= 0.6 is 0 Å². The van der Waals surface area contributed by atoms with Crippen molar-refractivity contribution in [2.75, 3.05) is 62.4 Å². The second-order valence-corrected chi connectivity index (χ2v) is 6.78. The largest absolute Gasteiger partial charge is 0.396 e. The smallest absolute Gasteiger partial charge is 0.230 e. The van der Waals surface area contributed by atoms with Crippen LogP contribution in [0, 0.1) is 6.92 Å². The van der Waals surface area contributed by atoms with Gasteiger partial charge < -0.3 is 29.1 Å². The molecule has 0 saturated carbocycles. The molecule has 9 heteroatoms. The maximum atomic E-state index is 9.17. The van der Waals surface area contributed by atoms with Gasteiger partial charge >= 0.3 is 0 Å². The number of aryl methyl sites for hydroxylation is 1. The Morgan fingerprint density at radius 3 is 1.84 bits per heavy atom. The van der Waals surface area contributed by atoms with Gasteiger partial charge in [0.1, 0.15) is 5.82 Å². The molecule has 25 heavy (non-hydrogen) atoms. The first-order valence-electron chi connectivity index (χ1n) is 8.89. The van der Waals surface area contributed by atoms with Crippen LogP contribution in [0.4, 0.5) is 11.9 Å². The topological polar surface area (TPSA) is 103 Å². The second-order valence-electron chi connectivity index (χ2n) is 6.78. The Balaban J connectivity index is 1.53. The van der Waals surface area contributed by atoms with Crippen molar-refractivity contribution in [3.05, 3.63) is 5.82 Å². The number of rotatable bonds is 11. The molecule has 0 bridgehead atoms. The Bertz CT molecular complexity index is 578. The second kappa shape index (κ2) is 7.36. The maximum absolute atomic E-state index is 9.17. The van der Waals surface area contributed by atoms with Crippen molar-refractivity contribution in [3.63, 3.8) is 0 Å². The van der Waals surface area contributed by atoms with Crippen molar-refractivity contribution in [1.29, 1.82) is 0 Å². The summed E-state index contributed by atoms with van der Waals surface area (Å²) in [5.41, 5.74) is 0. The lowest BCUT2D eigenvalue weighted by Gasteiger charge is -2.25. The van der Waals surface area contributed by atoms with Crippen molar-refractivity contribution >= 4 is 11.9 Å². The molecule has 0 radical (unpaired) electrons. The third-order valence-electron chi connectivity index (χ3n) is 4.35. The van der Waals surface area contributed by atoms with Gasteiger partial charge in [0.25, 0.3) is 0 Å². The highest BCUT2D eigenvalue weighted by atomic mass is 16.6. The molecule has 3 unspecified atom stereocenters. The molecule has 3 aliphatic rings. The van der Waals surface area contributed by atoms with E-state index in [2.05, 4.69) is 19.8 Å². The Labute approximate surface area is 146 Å². The van der Waals surface area contributed by atoms with Crippen molar-refractivity contribution in [1.82, 2.24) is 15.0 Å². The monoisotopic (exact) mass is 351 g/mol. The molecule has 0 aromatic carbocycles. The molecule has 0 aliphatic carbocycles. The molecule has 138 valence electrons. The third-order valence-corrected chi connectivity index (χ3v) is 4.35. The summed E-state index contributed by atoms with van der Waals surface area (Å²) in [7, 11) is 0. The molecule has 3 aliphatic heterocycles. The molecule has 1 aromatic heterocycles. The molecule has 3 atom stereocenters. The van der Waals surface area contributed by atoms with E-state index in [9.17, 15) is 5.11 Å². The normalized spacial score (nSPS) is 26.4. The van der Waals surface area contributed by atoms with E-state index in [4.69, 9.17) is 19.2 Å². The number of anilines is 2. The van der Waals surface area contributed by atoms with E-state index < -0.39 is 0 Å². The van der Waals surface area contributed by atoms with Crippen molar-refractivity contribution < 1.29 is 19.3 Å². The lowest BCUT2D eigenvalue weighted by atomic mass is 10.3. The Kier molecular flexibility index (Phi) is 4.98. The van der Waals surface area contributed by atoms with Gasteiger partial charge in [-0.1, -0.05) is 0 Å². The van der Waals surface area contributed by atoms with Gasteiger partial charge in [-0.15, -0.1) is 0 Å². The minimum absolute atomic E-state index is 0.142. The molecule has 1 aromatic rings. The lowest BCUT2D eigenvalue weighted by Crippen LogP contribution is -2.35. The van der Waals surface area contributed by atoms with Crippen molar-refractivity contribution in [2.24, 2.45) is 0 Å². The number of epoxide rings is 3. The minimum atomic E-state index is 0.142. The Morgan fingerprint density at radius 1 is 0.880 bits per heavy atom. The van der Waals surface area contributed by atoms with Crippen molar-refractivity contribution in [3.8, 4) is 0 Å². The van der Waals surface area contributed by atoms with E-state index in [1.807, 2.05) is 6.92 Å². The van der Waals surface area contributed by atoms with Crippen LogP contribution < -0.4 is 9.80 Å². The van der Waals surface area contributed by atoms with E-state index in [0.29, 0.717) is 30.7 Å². The van der Waals surface area contributed by atoms with Gasteiger partial charge in [-0.25, -0.2) is 0 Å². The van der Waals surface area contributed by atoms with Gasteiger partial charge in [0.2, 0.25) is 11.9 Å². The van der Waals surface area contributed by atoms with Gasteiger partial charge in [0, 0.05) is 32.8 Å². The summed E-state index contributed by atoms with van der Waals surface area (Å²) in [5.74, 6) is 1.99. The Hall–Kier alpha value is -1.55. The van der Waals surface area contributed by atoms with Crippen LogP contribution in [0.3, 0.4) is 0 Å². The fraction of sp³-hybridized carbons (Fsp3) is 0.812. The highest BCUT2D eigenvalue weighted by Crippen LogP contribution is 2.22. The number of aliphatic hydroxyl groups is 1. The zero-order chi connectivity index (χ0) is 17.2. The number of hydrogen-bond donors (Lipinski definition) is 1. The van der Waals surface area contributed by atoms with Gasteiger partial charge in [0.15, 0.2) is 0 Å². The molecule has 0 spiro atoms. The van der Waals surface area contributed by atoms with E-state index in [1.165, 1.54) is 0 Å². The standard InChI is InChI=1S/C16H25N5O4/c1-11-17-15(20(3-2-4-22)5-12-8-23-12)19-16(18-11)21(6-13-9-24-13)7-14-10-25-14/h12-14,22H,2-10H2,1H3. The van der Waals surface area contributed by atoms with Gasteiger partial charge in [0.05, 0.1) is 38.1 Å². The van der Waals surface area contributed by atoms with E-state index in [-0.39, 0.29) is 24.9 Å². The van der Waals surface area contributed by atoms with Crippen LogP contribution in [-0.4, -0.2) is 91.0 Å². The quantitative estimate of drug-likeness (QED) is 0.522. The van der Waals surface area contributed by atoms with Crippen LogP contribution in [-0.2, 0) is 14.2 Å². The molecular weight excluding hydrogens is 326 g/mol. The SMILES string of the molecule is Cc1nc(N(CCCO)CC2CO2)nc(N(CC2CO2)CC2CO2)n1. The number of ether oxygens (including phenoxy) is 3. The summed E-state index contributed by atoms with van der Waals surface area (Å²) in [6.07, 6.45) is 1.41. The van der Waals surface area contributed by atoms with Crippen LogP contribution in [0.5, 0.6) is 0 Å².